The van der Waals surface area contributed by atoms with Gasteiger partial charge in [0, 0.05) is 25.5 Å². The van der Waals surface area contributed by atoms with E-state index in [9.17, 15) is 0 Å². The fraction of sp³-hybridized carbons (Fsp3) is 0.0333. The Morgan fingerprint density at radius 3 is 0.938 bits per heavy atom. The highest BCUT2D eigenvalue weighted by Crippen LogP contribution is 2.55. The molecule has 0 aromatic heterocycles. The van der Waals surface area contributed by atoms with Gasteiger partial charge in [0.2, 0.25) is 0 Å². The minimum atomic E-state index is 1.12. The minimum absolute atomic E-state index is 1.12. The number of nitrogens with zero attached hydrogens (tertiary/aromatic N) is 4. The first kappa shape index (κ1) is 36.3. The molecule has 0 radical (unpaired) electrons. The van der Waals surface area contributed by atoms with Crippen LogP contribution in [0.4, 0.5) is 56.9 Å². The van der Waals surface area contributed by atoms with Crippen LogP contribution in [0.1, 0.15) is 0 Å². The summed E-state index contributed by atoms with van der Waals surface area (Å²) < 4.78 is 0. The van der Waals surface area contributed by atoms with Crippen LogP contribution in [0.5, 0.6) is 0 Å². The van der Waals surface area contributed by atoms with Crippen LogP contribution in [0.15, 0.2) is 218 Å². The summed E-state index contributed by atoms with van der Waals surface area (Å²) in [5, 5.41) is 9.75. The molecule has 0 N–H and O–H groups in total. The summed E-state index contributed by atoms with van der Waals surface area (Å²) in [6, 6.07) is 80.6. The second-order valence-electron chi connectivity index (χ2n) is 17.0. The van der Waals surface area contributed by atoms with Crippen LogP contribution in [-0.4, -0.2) is 14.1 Å². The van der Waals surface area contributed by atoms with E-state index in [-0.39, 0.29) is 0 Å². The molecular formula is C60H42N4. The zero-order chi connectivity index (χ0) is 42.5. The molecule has 0 spiro atoms. The van der Waals surface area contributed by atoms with E-state index in [0.29, 0.717) is 0 Å². The van der Waals surface area contributed by atoms with Gasteiger partial charge in [0.05, 0.1) is 45.5 Å². The molecule has 4 heteroatoms. The molecule has 13 rings (SSSR count). The Morgan fingerprint density at radius 1 is 0.250 bits per heavy atom. The fourth-order valence-corrected chi connectivity index (χ4v) is 10.8. The molecular weight excluding hydrogens is 777 g/mol. The van der Waals surface area contributed by atoms with Gasteiger partial charge in [-0.15, -0.1) is 0 Å². The first-order valence-corrected chi connectivity index (χ1v) is 22.1. The van der Waals surface area contributed by atoms with Crippen molar-refractivity contribution in [2.24, 2.45) is 0 Å². The number of anilines is 10. The molecule has 0 saturated carbocycles. The monoisotopic (exact) mass is 818 g/mol. The molecule has 0 saturated heterocycles. The average Bonchev–Trinajstić information content (AvgIpc) is 3.35. The Balaban J connectivity index is 1.18. The molecule has 0 fully saturated rings. The third kappa shape index (κ3) is 5.29. The number of hydrogen-bond donors (Lipinski definition) is 0. The Labute approximate surface area is 372 Å². The smallest absolute Gasteiger partial charge is 0.0699 e. The standard InChI is InChI=1S/C60H42N4/c1-61-51-25-7-11-29-55(51)63(56-30-12-8-26-52(56)61)41-33-35-47-49(37-41)59(45-23-15-19-39-17-3-5-21-43(39)45)48-36-34-42(38-50(48)60(47)46-24-16-20-40-18-4-6-22-44(40)46)64-57-31-13-9-27-53(57)62(2)54-28-10-14-32-58(54)64/h3-38H,1-2H3. The van der Waals surface area contributed by atoms with Crippen molar-refractivity contribution >= 4 is 100.0 Å². The van der Waals surface area contributed by atoms with E-state index in [0.717, 1.165) is 34.1 Å². The maximum Gasteiger partial charge on any atom is 0.0699 e. The topological polar surface area (TPSA) is 13.0 Å². The lowest BCUT2D eigenvalue weighted by Gasteiger charge is -2.39. The number of para-hydroxylation sites is 8. The van der Waals surface area contributed by atoms with Gasteiger partial charge in [-0.25, -0.2) is 0 Å². The number of hydrogen-bond acceptors (Lipinski definition) is 4. The molecule has 11 aromatic carbocycles. The average molecular weight is 819 g/mol. The summed E-state index contributed by atoms with van der Waals surface area (Å²) in [6.45, 7) is 0. The predicted octanol–water partition coefficient (Wildman–Crippen LogP) is 16.7. The first-order valence-electron chi connectivity index (χ1n) is 22.1. The fourth-order valence-electron chi connectivity index (χ4n) is 10.8. The molecule has 64 heavy (non-hydrogen) atoms. The van der Waals surface area contributed by atoms with E-state index in [4.69, 9.17) is 0 Å². The van der Waals surface area contributed by atoms with Gasteiger partial charge in [0.1, 0.15) is 0 Å². The van der Waals surface area contributed by atoms with Crippen molar-refractivity contribution < 1.29 is 0 Å². The van der Waals surface area contributed by atoms with Gasteiger partial charge in [-0.1, -0.05) is 146 Å². The van der Waals surface area contributed by atoms with Gasteiger partial charge in [0.25, 0.3) is 0 Å². The van der Waals surface area contributed by atoms with Crippen molar-refractivity contribution in [3.05, 3.63) is 218 Å². The number of fused-ring (bicyclic) bond motifs is 8. The van der Waals surface area contributed by atoms with Crippen LogP contribution < -0.4 is 19.6 Å². The van der Waals surface area contributed by atoms with Crippen molar-refractivity contribution in [1.82, 2.24) is 0 Å². The normalized spacial score (nSPS) is 13.0. The van der Waals surface area contributed by atoms with Crippen molar-refractivity contribution in [3.63, 3.8) is 0 Å². The third-order valence-electron chi connectivity index (χ3n) is 13.7. The molecule has 0 atom stereocenters. The maximum atomic E-state index is 2.46. The van der Waals surface area contributed by atoms with Gasteiger partial charge in [-0.2, -0.15) is 0 Å². The van der Waals surface area contributed by atoms with Crippen molar-refractivity contribution in [2.45, 2.75) is 0 Å². The molecule has 2 aliphatic rings. The van der Waals surface area contributed by atoms with Crippen molar-refractivity contribution in [2.75, 3.05) is 33.7 Å². The molecule has 0 aliphatic carbocycles. The molecule has 0 amide bonds. The van der Waals surface area contributed by atoms with Crippen molar-refractivity contribution in [1.29, 1.82) is 0 Å². The lowest BCUT2D eigenvalue weighted by Crippen LogP contribution is -2.24. The molecule has 11 aromatic rings. The Kier molecular flexibility index (Phi) is 8.00. The Bertz CT molecular complexity index is 3350. The molecule has 302 valence electrons. The van der Waals surface area contributed by atoms with Gasteiger partial charge >= 0.3 is 0 Å². The highest BCUT2D eigenvalue weighted by Gasteiger charge is 2.30. The summed E-state index contributed by atoms with van der Waals surface area (Å²) in [5.41, 5.74) is 16.4. The second kappa shape index (κ2) is 14.1. The zero-order valence-corrected chi connectivity index (χ0v) is 35.6. The summed E-state index contributed by atoms with van der Waals surface area (Å²) in [7, 11) is 4.34. The van der Waals surface area contributed by atoms with Gasteiger partial charge in [-0.3, -0.25) is 0 Å². The second-order valence-corrected chi connectivity index (χ2v) is 17.0. The van der Waals surface area contributed by atoms with Crippen LogP contribution >= 0.6 is 0 Å². The first-order chi connectivity index (χ1) is 31.6. The maximum absolute atomic E-state index is 2.46. The molecule has 0 bridgehead atoms. The third-order valence-corrected chi connectivity index (χ3v) is 13.7. The van der Waals surface area contributed by atoms with Gasteiger partial charge in [-0.05, 0) is 138 Å². The van der Waals surface area contributed by atoms with E-state index in [2.05, 4.69) is 252 Å². The summed E-state index contributed by atoms with van der Waals surface area (Å²) >= 11 is 0. The van der Waals surface area contributed by atoms with Crippen molar-refractivity contribution in [3.8, 4) is 22.3 Å². The molecule has 2 heterocycles. The lowest BCUT2D eigenvalue weighted by molar-refractivity contribution is 1.13. The van der Waals surface area contributed by atoms with Gasteiger partial charge in [0.15, 0.2) is 0 Å². The molecule has 0 unspecified atom stereocenters. The van der Waals surface area contributed by atoms with E-state index >= 15 is 0 Å². The van der Waals surface area contributed by atoms with E-state index in [1.807, 2.05) is 0 Å². The summed E-state index contributed by atoms with van der Waals surface area (Å²) in [6.07, 6.45) is 0. The summed E-state index contributed by atoms with van der Waals surface area (Å²) in [4.78, 5) is 9.52. The number of benzene rings is 11. The van der Waals surface area contributed by atoms with Crippen LogP contribution in [0.3, 0.4) is 0 Å². The van der Waals surface area contributed by atoms with E-state index in [1.54, 1.807) is 0 Å². The zero-order valence-electron chi connectivity index (χ0n) is 35.6. The van der Waals surface area contributed by atoms with Crippen LogP contribution in [-0.2, 0) is 0 Å². The predicted molar refractivity (Wildman–Crippen MR) is 273 cm³/mol. The minimum Gasteiger partial charge on any atom is -0.341 e. The van der Waals surface area contributed by atoms with Gasteiger partial charge < -0.3 is 19.6 Å². The lowest BCUT2D eigenvalue weighted by atomic mass is 9.83. The largest absolute Gasteiger partial charge is 0.341 e. The number of rotatable bonds is 4. The quantitative estimate of drug-likeness (QED) is 0.164. The van der Waals surface area contributed by atoms with Crippen LogP contribution in [0.25, 0.3) is 65.3 Å². The molecule has 2 aliphatic heterocycles. The van der Waals surface area contributed by atoms with Crippen LogP contribution in [0, 0.1) is 0 Å². The highest BCUT2D eigenvalue weighted by molar-refractivity contribution is 6.26. The SMILES string of the molecule is CN1c2ccccc2N(c2ccc3c(-c4cccc5ccccc45)c4cc(N5c6ccccc6N(C)c6ccccc65)ccc4c(-c4cccc5ccccc45)c3c2)c2ccccc21. The Morgan fingerprint density at radius 2 is 0.562 bits per heavy atom. The van der Waals surface area contributed by atoms with E-state index < -0.39 is 0 Å². The Hall–Kier alpha value is -8.34. The highest BCUT2D eigenvalue weighted by atomic mass is 15.3. The van der Waals surface area contributed by atoms with E-state index in [1.165, 1.54) is 88.1 Å². The summed E-state index contributed by atoms with van der Waals surface area (Å²) in [5.74, 6) is 0. The molecule has 4 nitrogen and oxygen atoms in total. The van der Waals surface area contributed by atoms with Crippen LogP contribution in [0.2, 0.25) is 0 Å².